The van der Waals surface area contributed by atoms with Gasteiger partial charge in [0.1, 0.15) is 17.1 Å². The number of urea groups is 1. The van der Waals surface area contributed by atoms with Crippen LogP contribution in [-0.2, 0) is 5.60 Å². The number of hydrogen-bond donors (Lipinski definition) is 3. The van der Waals surface area contributed by atoms with Crippen molar-refractivity contribution >= 4 is 40.2 Å². The fourth-order valence-corrected chi connectivity index (χ4v) is 5.15. The summed E-state index contributed by atoms with van der Waals surface area (Å²) in [7, 11) is 0. The minimum atomic E-state index is -1.19. The topological polar surface area (TPSA) is 73.6 Å². The summed E-state index contributed by atoms with van der Waals surface area (Å²) in [5, 5.41) is 7.16. The highest BCUT2D eigenvalue weighted by atomic mass is 32.1. The van der Waals surface area contributed by atoms with E-state index in [9.17, 15) is 4.79 Å². The monoisotopic (exact) mass is 522 g/mol. The van der Waals surface area contributed by atoms with Crippen LogP contribution >= 0.6 is 12.6 Å². The van der Waals surface area contributed by atoms with Gasteiger partial charge in [-0.2, -0.15) is 0 Å². The van der Waals surface area contributed by atoms with Gasteiger partial charge in [0.2, 0.25) is 0 Å². The van der Waals surface area contributed by atoms with Crippen LogP contribution in [-0.4, -0.2) is 11.8 Å². The van der Waals surface area contributed by atoms with E-state index in [1.165, 1.54) is 0 Å². The van der Waals surface area contributed by atoms with Gasteiger partial charge in [0.25, 0.3) is 0 Å². The molecule has 0 fully saturated rings. The van der Waals surface area contributed by atoms with Gasteiger partial charge in [-0.15, -0.1) is 12.6 Å². The van der Waals surface area contributed by atoms with E-state index in [1.54, 1.807) is 0 Å². The Balaban J connectivity index is 1.53. The molecule has 5 nitrogen and oxygen atoms in total. The molecule has 0 aliphatic rings. The fourth-order valence-electron chi connectivity index (χ4n) is 5.00. The smallest absolute Gasteiger partial charge is 0.315 e. The van der Waals surface area contributed by atoms with Gasteiger partial charge in [-0.05, 0) is 77.4 Å². The molecule has 5 aromatic rings. The molecule has 0 aliphatic heterocycles. The second kappa shape index (κ2) is 10.3. The van der Waals surface area contributed by atoms with Crippen LogP contribution in [0.1, 0.15) is 25.8 Å². The number of amides is 2. The first-order valence-electron chi connectivity index (χ1n) is 12.4. The minimum absolute atomic E-state index is 0.258. The highest BCUT2D eigenvalue weighted by Crippen LogP contribution is 2.38. The van der Waals surface area contributed by atoms with Crippen LogP contribution in [0.5, 0.6) is 11.5 Å². The number of ether oxygens (including phenoxy) is 2. The molecule has 0 aromatic heterocycles. The highest BCUT2D eigenvalue weighted by Gasteiger charge is 2.41. The summed E-state index contributed by atoms with van der Waals surface area (Å²) in [5.41, 5.74) is 4.44. The summed E-state index contributed by atoms with van der Waals surface area (Å²) in [5.74, 6) is 1.31. The van der Waals surface area contributed by atoms with Crippen molar-refractivity contribution in [2.24, 2.45) is 5.73 Å². The standard InChI is InChI=1S/C32H30N2O3S/c1-31(26-13-17-29(38)18-14-26,36-27-15-11-22-7-3-5-9-24(22)19-27)21-32(2,34-30(33)35)37-28-16-12-23-8-4-6-10-25(23)20-28/h3-20,38H,21H2,1-2H3,(H3,33,34,35). The first-order valence-corrected chi connectivity index (χ1v) is 12.9. The first-order chi connectivity index (χ1) is 18.2. The molecule has 0 radical (unpaired) electrons. The van der Waals surface area contributed by atoms with Gasteiger partial charge in [0.05, 0.1) is 6.42 Å². The van der Waals surface area contributed by atoms with Gasteiger partial charge < -0.3 is 20.5 Å². The molecular weight excluding hydrogens is 492 g/mol. The predicted octanol–water partition coefficient (Wildman–Crippen LogP) is 7.43. The molecule has 0 bridgehead atoms. The van der Waals surface area contributed by atoms with Gasteiger partial charge in [0.15, 0.2) is 5.72 Å². The molecule has 5 aromatic carbocycles. The van der Waals surface area contributed by atoms with Gasteiger partial charge >= 0.3 is 6.03 Å². The Morgan fingerprint density at radius 1 is 0.737 bits per heavy atom. The van der Waals surface area contributed by atoms with E-state index in [4.69, 9.17) is 15.2 Å². The average Bonchev–Trinajstić information content (AvgIpc) is 2.88. The molecule has 0 saturated carbocycles. The Bertz CT molecular complexity index is 1600. The molecule has 2 unspecified atom stereocenters. The summed E-state index contributed by atoms with van der Waals surface area (Å²) >= 11 is 4.46. The molecule has 5 rings (SSSR count). The average molecular weight is 523 g/mol. The molecule has 0 aliphatic carbocycles. The molecule has 0 spiro atoms. The van der Waals surface area contributed by atoms with Crippen molar-refractivity contribution in [1.82, 2.24) is 5.32 Å². The van der Waals surface area contributed by atoms with Crippen LogP contribution in [0.4, 0.5) is 4.79 Å². The minimum Gasteiger partial charge on any atom is -0.483 e. The Kier molecular flexibility index (Phi) is 6.91. The van der Waals surface area contributed by atoms with Crippen LogP contribution in [0.3, 0.4) is 0 Å². The number of hydrogen-bond acceptors (Lipinski definition) is 4. The predicted molar refractivity (Wildman–Crippen MR) is 156 cm³/mol. The maximum Gasteiger partial charge on any atom is 0.315 e. The zero-order valence-electron chi connectivity index (χ0n) is 21.3. The molecule has 0 saturated heterocycles. The largest absolute Gasteiger partial charge is 0.483 e. The fraction of sp³-hybridized carbons (Fsp3) is 0.156. The Morgan fingerprint density at radius 2 is 1.24 bits per heavy atom. The van der Waals surface area contributed by atoms with Gasteiger partial charge in [-0.3, -0.25) is 0 Å². The summed E-state index contributed by atoms with van der Waals surface area (Å²) in [6, 6.07) is 35.1. The van der Waals surface area contributed by atoms with Gasteiger partial charge in [-0.25, -0.2) is 4.79 Å². The van der Waals surface area contributed by atoms with Crippen molar-refractivity contribution in [3.8, 4) is 11.5 Å². The number of carbonyl (C=O) groups excluding carboxylic acids is 1. The van der Waals surface area contributed by atoms with E-state index < -0.39 is 17.4 Å². The number of thiol groups is 1. The third-order valence-corrected chi connectivity index (χ3v) is 6.97. The number of nitrogens with one attached hydrogen (secondary N) is 1. The Labute approximate surface area is 228 Å². The molecule has 0 heterocycles. The van der Waals surface area contributed by atoms with Crippen molar-refractivity contribution in [3.63, 3.8) is 0 Å². The third-order valence-electron chi connectivity index (χ3n) is 6.67. The van der Waals surface area contributed by atoms with Crippen LogP contribution in [0.15, 0.2) is 114 Å². The second-order valence-electron chi connectivity index (χ2n) is 9.90. The Morgan fingerprint density at radius 3 is 1.76 bits per heavy atom. The molecular formula is C32H30N2O3S. The lowest BCUT2D eigenvalue weighted by Gasteiger charge is -2.40. The molecule has 2 amide bonds. The lowest BCUT2D eigenvalue weighted by atomic mass is 9.87. The quantitative estimate of drug-likeness (QED) is 0.147. The van der Waals surface area contributed by atoms with Crippen molar-refractivity contribution in [2.75, 3.05) is 0 Å². The number of fused-ring (bicyclic) bond motifs is 2. The summed E-state index contributed by atoms with van der Waals surface area (Å²) in [6.45, 7) is 3.79. The van der Waals surface area contributed by atoms with Crippen LogP contribution < -0.4 is 20.5 Å². The molecule has 6 heteroatoms. The van der Waals surface area contributed by atoms with E-state index in [2.05, 4.69) is 30.1 Å². The number of carbonyl (C=O) groups is 1. The number of nitrogens with two attached hydrogens (primary N) is 1. The normalized spacial score (nSPS) is 14.4. The zero-order chi connectivity index (χ0) is 26.8. The number of benzene rings is 5. The van der Waals surface area contributed by atoms with E-state index in [0.29, 0.717) is 11.5 Å². The summed E-state index contributed by atoms with van der Waals surface area (Å²) in [6.07, 6.45) is 0.258. The lowest BCUT2D eigenvalue weighted by Crippen LogP contribution is -2.56. The number of rotatable bonds is 8. The highest BCUT2D eigenvalue weighted by molar-refractivity contribution is 7.80. The van der Waals surface area contributed by atoms with E-state index >= 15 is 0 Å². The van der Waals surface area contributed by atoms with Gasteiger partial charge in [-0.1, -0.05) is 72.8 Å². The summed E-state index contributed by atoms with van der Waals surface area (Å²) < 4.78 is 13.2. The Hall–Kier alpha value is -4.16. The van der Waals surface area contributed by atoms with Crippen LogP contribution in [0, 0.1) is 0 Å². The van der Waals surface area contributed by atoms with Crippen LogP contribution in [0.2, 0.25) is 0 Å². The van der Waals surface area contributed by atoms with Crippen molar-refractivity contribution in [2.45, 2.75) is 36.5 Å². The van der Waals surface area contributed by atoms with Crippen molar-refractivity contribution < 1.29 is 14.3 Å². The van der Waals surface area contributed by atoms with Crippen molar-refractivity contribution in [1.29, 1.82) is 0 Å². The second-order valence-corrected chi connectivity index (χ2v) is 10.4. The SMILES string of the molecule is CC(CC(C)(Oc1ccc2ccccc2c1)c1ccc(S)cc1)(NC(N)=O)Oc1ccc2ccccc2c1. The maximum atomic E-state index is 12.2. The molecule has 2 atom stereocenters. The zero-order valence-corrected chi connectivity index (χ0v) is 22.2. The molecule has 3 N–H and O–H groups in total. The molecule has 38 heavy (non-hydrogen) atoms. The van der Waals surface area contributed by atoms with Crippen molar-refractivity contribution in [3.05, 3.63) is 115 Å². The summed E-state index contributed by atoms with van der Waals surface area (Å²) in [4.78, 5) is 13.0. The first kappa shape index (κ1) is 25.5. The van der Waals surface area contributed by atoms with E-state index in [0.717, 1.165) is 32.0 Å². The lowest BCUT2D eigenvalue weighted by molar-refractivity contribution is -0.0303. The van der Waals surface area contributed by atoms with E-state index in [1.807, 2.05) is 111 Å². The van der Waals surface area contributed by atoms with E-state index in [-0.39, 0.29) is 6.42 Å². The number of primary amides is 1. The van der Waals surface area contributed by atoms with Crippen LogP contribution in [0.25, 0.3) is 21.5 Å². The third kappa shape index (κ3) is 5.71. The molecule has 192 valence electrons. The van der Waals surface area contributed by atoms with Gasteiger partial charge in [0, 0.05) is 4.90 Å². The maximum absolute atomic E-state index is 12.2.